The van der Waals surface area contributed by atoms with Crippen molar-refractivity contribution in [2.45, 2.75) is 211 Å². The summed E-state index contributed by atoms with van der Waals surface area (Å²) in [6, 6.07) is 5.80. The van der Waals surface area contributed by atoms with Gasteiger partial charge in [-0.25, -0.2) is 19.4 Å². The van der Waals surface area contributed by atoms with E-state index in [-0.39, 0.29) is 138 Å². The van der Waals surface area contributed by atoms with E-state index in [4.69, 9.17) is 32.1 Å². The predicted molar refractivity (Wildman–Crippen MR) is 447 cm³/mol. The number of likely N-dealkylation sites (tertiary alicyclic amines) is 1. The van der Waals surface area contributed by atoms with Gasteiger partial charge in [-0.2, -0.15) is 0 Å². The van der Waals surface area contributed by atoms with Crippen molar-refractivity contribution >= 4 is 106 Å². The number of imidazole rings is 1. The van der Waals surface area contributed by atoms with Crippen molar-refractivity contribution in [1.82, 2.24) is 88.1 Å². The first-order chi connectivity index (χ1) is 57.6. The fourth-order valence-electron chi connectivity index (χ4n) is 13.7. The van der Waals surface area contributed by atoms with Crippen LogP contribution in [-0.2, 0) is 83.3 Å². The lowest BCUT2D eigenvalue weighted by Gasteiger charge is -2.31. The Labute approximate surface area is 702 Å². The fraction of sp³-hybridized carbons (Fsp3) is 0.537. The molecule has 2 saturated heterocycles. The van der Waals surface area contributed by atoms with Gasteiger partial charge in [0.15, 0.2) is 5.96 Å². The van der Waals surface area contributed by atoms with Crippen LogP contribution in [0, 0.1) is 23.2 Å². The van der Waals surface area contributed by atoms with E-state index >= 15 is 4.79 Å². The van der Waals surface area contributed by atoms with Crippen molar-refractivity contribution in [2.24, 2.45) is 35.0 Å². The zero-order chi connectivity index (χ0) is 88.6. The van der Waals surface area contributed by atoms with Crippen LogP contribution in [0.5, 0.6) is 5.75 Å². The Balaban J connectivity index is 1.07. The molecule has 2 aromatic heterocycles. The highest BCUT2D eigenvalue weighted by atomic mass is 16.6. The van der Waals surface area contributed by atoms with Gasteiger partial charge in [-0.05, 0) is 129 Å². The maximum Gasteiger partial charge on any atom is 0.415 e. The number of nitrogens with zero attached hydrogens (tertiary/aromatic N) is 4. The van der Waals surface area contributed by atoms with E-state index in [0.717, 1.165) is 12.8 Å². The van der Waals surface area contributed by atoms with Crippen molar-refractivity contribution < 1.29 is 81.7 Å². The Kier molecular flexibility index (Phi) is 37.5. The monoisotopic (exact) mass is 1680 g/mol. The third-order valence-corrected chi connectivity index (χ3v) is 20.7. The van der Waals surface area contributed by atoms with Gasteiger partial charge in [-0.15, -0.1) is 0 Å². The number of urea groups is 1. The zero-order valence-electron chi connectivity index (χ0n) is 70.1. The van der Waals surface area contributed by atoms with Crippen LogP contribution in [0.1, 0.15) is 141 Å². The number of benzene rings is 3. The summed E-state index contributed by atoms with van der Waals surface area (Å²) >= 11 is 0. The molecule has 1 unspecified atom stereocenters. The highest BCUT2D eigenvalue weighted by Crippen LogP contribution is 2.25. The highest BCUT2D eigenvalue weighted by molar-refractivity contribution is 6.00. The summed E-state index contributed by atoms with van der Waals surface area (Å²) in [5, 5.41) is 51.7. The quantitative estimate of drug-likeness (QED) is 0.0146. The number of nitrogens with two attached hydrogens (primary N) is 3. The number of hydrogen-bond donors (Lipinski definition) is 19. The highest BCUT2D eigenvalue weighted by Gasteiger charge is 2.39. The van der Waals surface area contributed by atoms with Gasteiger partial charge in [0.25, 0.3) is 0 Å². The van der Waals surface area contributed by atoms with Gasteiger partial charge >= 0.3 is 18.2 Å². The number of likely N-dealkylation sites (N-methyl/N-ethyl adjacent to an activating group) is 2. The normalized spacial score (nSPS) is 16.0. The second kappa shape index (κ2) is 47.4. The lowest BCUT2D eigenvalue weighted by atomic mass is 9.98. The molecule has 0 radical (unpaired) electrons. The van der Waals surface area contributed by atoms with Crippen molar-refractivity contribution in [1.29, 1.82) is 5.41 Å². The molecule has 39 heteroatoms. The number of rotatable bonds is 46. The predicted octanol–water partition coefficient (Wildman–Crippen LogP) is 0.894. The molecule has 11 atom stereocenters. The van der Waals surface area contributed by atoms with Crippen LogP contribution in [0.2, 0.25) is 0 Å². The average Bonchev–Trinajstić information content (AvgIpc) is 1.74. The molecule has 660 valence electrons. The molecule has 15 amide bonds. The molecule has 4 heterocycles. The van der Waals surface area contributed by atoms with Crippen LogP contribution >= 0.6 is 0 Å². The van der Waals surface area contributed by atoms with Crippen LogP contribution in [0.25, 0.3) is 10.9 Å². The van der Waals surface area contributed by atoms with Gasteiger partial charge < -0.3 is 120 Å². The molecule has 7 rings (SSSR count). The molecule has 2 aliphatic rings. The van der Waals surface area contributed by atoms with Gasteiger partial charge in [-0.1, -0.05) is 90.9 Å². The first-order valence-corrected chi connectivity index (χ1v) is 40.9. The van der Waals surface area contributed by atoms with Crippen LogP contribution < -0.4 is 85.7 Å². The molecule has 2 fully saturated rings. The molecular formula is C82H120N22O17. The van der Waals surface area contributed by atoms with Crippen LogP contribution in [0.4, 0.5) is 20.1 Å². The number of aromatic nitrogens is 3. The smallest absolute Gasteiger partial charge is 0.415 e. The Morgan fingerprint density at radius 3 is 1.74 bits per heavy atom. The number of amides is 15. The average molecular weight is 1690 g/mol. The van der Waals surface area contributed by atoms with Gasteiger partial charge in [0.05, 0.1) is 24.7 Å². The number of anilines is 1. The third kappa shape index (κ3) is 30.7. The first-order valence-electron chi connectivity index (χ1n) is 40.9. The molecule has 2 aliphatic heterocycles. The number of aromatic amines is 2. The van der Waals surface area contributed by atoms with Gasteiger partial charge in [-0.3, -0.25) is 58.1 Å². The number of primary amides is 1. The number of ether oxygens (including phenoxy) is 2. The molecule has 0 saturated carbocycles. The molecule has 3 aromatic carbocycles. The largest absolute Gasteiger partial charge is 0.445 e. The summed E-state index contributed by atoms with van der Waals surface area (Å²) in [6.45, 7) is 12.4. The minimum atomic E-state index is -1.84. The standard InChI is InChI=1S/C82H120N22O17/c1-10-54-16-15-33-104(54)78(116)60(20-14-31-88-79(84)85)95-71(109)61(36-46(2)3)96-72(110)62(37-47(4)5)97-73(111)63(98-76(114)66(43-105)101-74(112)64(39-51-41-90-57-18-12-11-17-56(51)57)99-75(113)65(40-53-42-87-45-91-53)100-70(108)59-29-30-67(106)93-59)38-49-23-27-55(28-24-49)121-82(119)103(9)35-34-102(8)81(118)120-44-50-21-25-52(26-22-50)92-69(107)58(19-13-32-89-80(86)117)94-77(115)68(83)48(6)7/h11-12,17-18,21-28,41-42,45-48,54,58-66,68,90,105H,10,13-16,19-20,29-40,43-44,83H2,1-9H3,(H,87,91)(H,92,107)(H,93,106)(H,94,115)(H,95,109)(H,96,110)(H,97,111)(H,98,114)(H,99,113)(H,100,108)(H,101,112)(H4,84,85,88)(H3,86,89,117)/t54-,58+,59?,60+,61+,62+,63+,64+,65+,66+,68+/m1/s1. The summed E-state index contributed by atoms with van der Waals surface area (Å²) in [5.41, 5.74) is 19.6. The minimum absolute atomic E-state index is 0.00485. The Bertz CT molecular complexity index is 4350. The zero-order valence-corrected chi connectivity index (χ0v) is 70.1. The number of guanidine groups is 1. The maximum atomic E-state index is 15.2. The number of fused-ring (bicyclic) bond motifs is 1. The number of carbonyl (C=O) groups is 14. The Hall–Kier alpha value is -12.4. The van der Waals surface area contributed by atoms with Crippen LogP contribution in [0.3, 0.4) is 0 Å². The minimum Gasteiger partial charge on any atom is -0.445 e. The van der Waals surface area contributed by atoms with E-state index < -0.39 is 138 Å². The maximum absolute atomic E-state index is 15.2. The van der Waals surface area contributed by atoms with E-state index in [0.29, 0.717) is 64.8 Å². The summed E-state index contributed by atoms with van der Waals surface area (Å²) in [7, 11) is 2.90. The number of nitrogens with one attached hydrogen (secondary N) is 15. The number of H-pyrrole nitrogens is 2. The van der Waals surface area contributed by atoms with E-state index in [1.807, 2.05) is 20.8 Å². The number of aliphatic hydroxyl groups is 1. The molecule has 121 heavy (non-hydrogen) atoms. The SMILES string of the molecule is CC[C@@H]1CCCN1C(=O)[C@H](CCCNC(=N)N)NC(=O)[C@H](CC(C)C)NC(=O)[C@H](CC(C)C)NC(=O)[C@H](Cc1ccc(OC(=O)N(C)CCN(C)C(=O)OCc2ccc(NC(=O)[C@H](CCCNC(N)=O)NC(=O)[C@@H](N)C(C)C)cc2)cc1)NC(=O)[C@H](CO)NC(=O)[C@H](Cc1c[nH]c2ccccc12)NC(=O)[C@H](Cc1c[nH]cn1)NC(=O)C1CCC(=O)N1. The number of para-hydroxylation sites is 1. The van der Waals surface area contributed by atoms with Gasteiger partial charge in [0.2, 0.25) is 65.0 Å². The summed E-state index contributed by atoms with van der Waals surface area (Å²) in [6.07, 6.45) is 5.84. The second-order valence-electron chi connectivity index (χ2n) is 31.6. The van der Waals surface area contributed by atoms with E-state index in [2.05, 4.69) is 78.8 Å². The lowest BCUT2D eigenvalue weighted by Crippen LogP contribution is -2.61. The molecular weight excluding hydrogens is 1570 g/mol. The molecule has 5 aromatic rings. The van der Waals surface area contributed by atoms with Crippen molar-refractivity contribution in [3.63, 3.8) is 0 Å². The Morgan fingerprint density at radius 1 is 0.620 bits per heavy atom. The summed E-state index contributed by atoms with van der Waals surface area (Å²) in [4.78, 5) is 208. The van der Waals surface area contributed by atoms with Crippen molar-refractivity contribution in [3.8, 4) is 5.75 Å². The first kappa shape index (κ1) is 95.7. The van der Waals surface area contributed by atoms with Gasteiger partial charge in [0, 0.05) is 108 Å². The number of hydrogen-bond acceptors (Lipinski definition) is 20. The second-order valence-corrected chi connectivity index (χ2v) is 31.6. The summed E-state index contributed by atoms with van der Waals surface area (Å²) < 4.78 is 11.2. The molecule has 39 nitrogen and oxygen atoms in total. The topological polar surface area (TPSA) is 578 Å². The van der Waals surface area contributed by atoms with Crippen LogP contribution in [-0.4, -0.2) is 244 Å². The molecule has 0 bridgehead atoms. The lowest BCUT2D eigenvalue weighted by molar-refractivity contribution is -0.139. The van der Waals surface area contributed by atoms with Crippen molar-refractivity contribution in [2.75, 3.05) is 58.7 Å². The van der Waals surface area contributed by atoms with E-state index in [1.165, 1.54) is 60.7 Å². The molecule has 22 N–H and O–H groups in total. The summed E-state index contributed by atoms with van der Waals surface area (Å²) in [5.74, 6) is -8.59. The Morgan fingerprint density at radius 2 is 1.17 bits per heavy atom. The van der Waals surface area contributed by atoms with E-state index in [9.17, 15) is 67.4 Å². The molecule has 0 aliphatic carbocycles. The fourth-order valence-corrected chi connectivity index (χ4v) is 13.7. The number of aliphatic hydroxyl groups excluding tert-OH is 1. The van der Waals surface area contributed by atoms with Crippen LogP contribution in [0.15, 0.2) is 91.5 Å². The van der Waals surface area contributed by atoms with Gasteiger partial charge in [0.1, 0.15) is 66.7 Å². The third-order valence-electron chi connectivity index (χ3n) is 20.7. The number of carbonyl (C=O) groups excluding carboxylic acids is 14. The van der Waals surface area contributed by atoms with E-state index in [1.54, 1.807) is 87.3 Å². The molecule has 0 spiro atoms. The van der Waals surface area contributed by atoms with Crippen molar-refractivity contribution in [3.05, 3.63) is 114 Å².